The molecule has 1 aliphatic rings. The zero-order valence-corrected chi connectivity index (χ0v) is 15.7. The van der Waals surface area contributed by atoms with Crippen LogP contribution in [0.15, 0.2) is 33.5 Å². The molecule has 1 aromatic heterocycles. The van der Waals surface area contributed by atoms with Crippen molar-refractivity contribution in [1.29, 1.82) is 0 Å². The predicted octanol–water partition coefficient (Wildman–Crippen LogP) is 4.15. The second-order valence-corrected chi connectivity index (χ2v) is 6.84. The van der Waals surface area contributed by atoms with Crippen molar-refractivity contribution in [2.45, 2.75) is 52.7 Å². The molecule has 1 aromatic carbocycles. The molecule has 26 heavy (non-hydrogen) atoms. The lowest BCUT2D eigenvalue weighted by molar-refractivity contribution is 0.0178. The van der Waals surface area contributed by atoms with Gasteiger partial charge in [-0.25, -0.2) is 4.79 Å². The van der Waals surface area contributed by atoms with Gasteiger partial charge in [-0.05, 0) is 25.8 Å². The van der Waals surface area contributed by atoms with Gasteiger partial charge in [-0.1, -0.05) is 32.4 Å². The first-order valence-corrected chi connectivity index (χ1v) is 9.20. The van der Waals surface area contributed by atoms with E-state index in [4.69, 9.17) is 13.9 Å². The average molecular weight is 358 g/mol. The minimum absolute atomic E-state index is 0.111. The summed E-state index contributed by atoms with van der Waals surface area (Å²) in [6, 6.07) is 3.33. The molecule has 1 aliphatic heterocycles. The number of hydrogen-bond acceptors (Lipinski definition) is 5. The Hall–Kier alpha value is -2.27. The highest BCUT2D eigenvalue weighted by atomic mass is 16.5. The van der Waals surface area contributed by atoms with Crippen LogP contribution in [0.1, 0.15) is 51.3 Å². The number of rotatable bonds is 5. The fraction of sp³-hybridized carbons (Fsp3) is 0.476. The standard InChI is InChI=1S/C21H26O5/c1-5-7-9-24-15-11-16-19(20(23)12(3)13(4)25-16)21-18(15)14(8-6-2)10-17(22)26-21/h5,7,10-13,20,23H,6,8-9H2,1-4H3/b7-5+/t12-,13-,20?/m1/s1. The highest BCUT2D eigenvalue weighted by Crippen LogP contribution is 2.46. The quantitative estimate of drug-likeness (QED) is 0.642. The number of aliphatic hydroxyl groups excluding tert-OH is 1. The number of benzene rings is 1. The normalized spacial score (nSPS) is 22.4. The Morgan fingerprint density at radius 3 is 2.77 bits per heavy atom. The molecule has 0 saturated heterocycles. The molecular formula is C21H26O5. The number of allylic oxidation sites excluding steroid dienone is 1. The molecule has 0 spiro atoms. The Labute approximate surface area is 153 Å². The van der Waals surface area contributed by atoms with E-state index in [1.807, 2.05) is 39.0 Å². The van der Waals surface area contributed by atoms with E-state index in [2.05, 4.69) is 6.92 Å². The number of hydrogen-bond donors (Lipinski definition) is 1. The van der Waals surface area contributed by atoms with E-state index in [9.17, 15) is 9.90 Å². The van der Waals surface area contributed by atoms with Crippen LogP contribution in [-0.2, 0) is 6.42 Å². The summed E-state index contributed by atoms with van der Waals surface area (Å²) in [7, 11) is 0. The van der Waals surface area contributed by atoms with E-state index in [1.165, 1.54) is 6.07 Å². The summed E-state index contributed by atoms with van der Waals surface area (Å²) in [6.07, 6.45) is 4.52. The molecule has 0 saturated carbocycles. The number of fused-ring (bicyclic) bond motifs is 3. The molecule has 3 rings (SSSR count). The van der Waals surface area contributed by atoms with Crippen LogP contribution in [0.3, 0.4) is 0 Å². The first-order valence-electron chi connectivity index (χ1n) is 9.20. The van der Waals surface area contributed by atoms with Crippen molar-refractivity contribution >= 4 is 11.0 Å². The van der Waals surface area contributed by atoms with Gasteiger partial charge in [0.25, 0.3) is 0 Å². The maximum atomic E-state index is 12.1. The lowest BCUT2D eigenvalue weighted by atomic mass is 9.88. The van der Waals surface area contributed by atoms with E-state index in [1.54, 1.807) is 0 Å². The summed E-state index contributed by atoms with van der Waals surface area (Å²) in [5, 5.41) is 11.6. The number of aliphatic hydroxyl groups is 1. The molecule has 0 aliphatic carbocycles. The van der Waals surface area contributed by atoms with Crippen LogP contribution < -0.4 is 15.1 Å². The molecule has 140 valence electrons. The lowest BCUT2D eigenvalue weighted by Gasteiger charge is -2.34. The van der Waals surface area contributed by atoms with Gasteiger partial charge in [0.15, 0.2) is 5.58 Å². The van der Waals surface area contributed by atoms with Gasteiger partial charge in [-0.15, -0.1) is 0 Å². The highest BCUT2D eigenvalue weighted by molar-refractivity contribution is 5.91. The van der Waals surface area contributed by atoms with Crippen LogP contribution in [0.2, 0.25) is 0 Å². The Kier molecular flexibility index (Phi) is 5.37. The molecule has 2 heterocycles. The minimum Gasteiger partial charge on any atom is -0.490 e. The van der Waals surface area contributed by atoms with Crippen LogP contribution in [0.4, 0.5) is 0 Å². The van der Waals surface area contributed by atoms with Crippen LogP contribution in [0, 0.1) is 5.92 Å². The minimum atomic E-state index is -0.763. The highest BCUT2D eigenvalue weighted by Gasteiger charge is 2.35. The Balaban J connectivity index is 2.31. The molecule has 1 unspecified atom stereocenters. The van der Waals surface area contributed by atoms with Crippen molar-refractivity contribution in [3.8, 4) is 11.5 Å². The van der Waals surface area contributed by atoms with Crippen molar-refractivity contribution < 1.29 is 19.0 Å². The summed E-state index contributed by atoms with van der Waals surface area (Å²) >= 11 is 0. The van der Waals surface area contributed by atoms with Crippen molar-refractivity contribution in [2.24, 2.45) is 5.92 Å². The van der Waals surface area contributed by atoms with Gasteiger partial charge in [0.1, 0.15) is 24.2 Å². The van der Waals surface area contributed by atoms with Gasteiger partial charge in [0.2, 0.25) is 0 Å². The molecule has 0 bridgehead atoms. The van der Waals surface area contributed by atoms with Gasteiger partial charge >= 0.3 is 5.63 Å². The average Bonchev–Trinajstić information content (AvgIpc) is 2.59. The van der Waals surface area contributed by atoms with Crippen LogP contribution in [-0.4, -0.2) is 17.8 Å². The first kappa shape index (κ1) is 18.5. The smallest absolute Gasteiger partial charge is 0.336 e. The van der Waals surface area contributed by atoms with Crippen LogP contribution >= 0.6 is 0 Å². The Morgan fingerprint density at radius 1 is 1.31 bits per heavy atom. The van der Waals surface area contributed by atoms with Gasteiger partial charge < -0.3 is 19.0 Å². The zero-order valence-electron chi connectivity index (χ0n) is 15.7. The van der Waals surface area contributed by atoms with Crippen molar-refractivity contribution in [3.63, 3.8) is 0 Å². The Morgan fingerprint density at radius 2 is 2.08 bits per heavy atom. The summed E-state index contributed by atoms with van der Waals surface area (Å²) in [5.74, 6) is 1.02. The summed E-state index contributed by atoms with van der Waals surface area (Å²) in [4.78, 5) is 12.1. The van der Waals surface area contributed by atoms with E-state index in [-0.39, 0.29) is 12.0 Å². The third kappa shape index (κ3) is 3.23. The Bertz CT molecular complexity index is 880. The maximum absolute atomic E-state index is 12.1. The molecule has 0 amide bonds. The monoisotopic (exact) mass is 358 g/mol. The SMILES string of the molecule is C/C=C/COc1cc2c(c3oc(=O)cc(CCC)c13)C(O)[C@H](C)[C@@H](C)O2. The van der Waals surface area contributed by atoms with Crippen molar-refractivity contribution in [2.75, 3.05) is 6.61 Å². The molecule has 0 radical (unpaired) electrons. The third-order valence-corrected chi connectivity index (χ3v) is 5.00. The van der Waals surface area contributed by atoms with E-state index >= 15 is 0 Å². The number of aryl methyl sites for hydroxylation is 1. The van der Waals surface area contributed by atoms with Crippen molar-refractivity contribution in [3.05, 3.63) is 45.8 Å². The van der Waals surface area contributed by atoms with Gasteiger partial charge in [0, 0.05) is 18.1 Å². The van der Waals surface area contributed by atoms with E-state index in [0.717, 1.165) is 23.8 Å². The van der Waals surface area contributed by atoms with Crippen LogP contribution in [0.25, 0.3) is 11.0 Å². The topological polar surface area (TPSA) is 68.9 Å². The second kappa shape index (κ2) is 7.54. The largest absolute Gasteiger partial charge is 0.490 e. The summed E-state index contributed by atoms with van der Waals surface area (Å²) in [5.41, 5.74) is 1.36. The maximum Gasteiger partial charge on any atom is 0.336 e. The van der Waals surface area contributed by atoms with Crippen LogP contribution in [0.5, 0.6) is 11.5 Å². The molecule has 0 fully saturated rings. The summed E-state index contributed by atoms with van der Waals surface area (Å²) < 4.78 is 17.5. The zero-order chi connectivity index (χ0) is 18.8. The molecule has 5 nitrogen and oxygen atoms in total. The van der Waals surface area contributed by atoms with E-state index in [0.29, 0.717) is 29.3 Å². The molecule has 5 heteroatoms. The van der Waals surface area contributed by atoms with Crippen molar-refractivity contribution in [1.82, 2.24) is 0 Å². The fourth-order valence-electron chi connectivity index (χ4n) is 3.40. The van der Waals surface area contributed by atoms with E-state index < -0.39 is 11.7 Å². The third-order valence-electron chi connectivity index (χ3n) is 5.00. The summed E-state index contributed by atoms with van der Waals surface area (Å²) in [6.45, 7) is 8.24. The first-order chi connectivity index (χ1) is 12.5. The number of ether oxygens (including phenoxy) is 2. The molecule has 3 atom stereocenters. The molecule has 1 N–H and O–H groups in total. The van der Waals surface area contributed by atoms with Gasteiger partial charge in [-0.3, -0.25) is 0 Å². The second-order valence-electron chi connectivity index (χ2n) is 6.84. The molecule has 2 aromatic rings. The van der Waals surface area contributed by atoms with Gasteiger partial charge in [0.05, 0.1) is 17.1 Å². The fourth-order valence-corrected chi connectivity index (χ4v) is 3.40. The van der Waals surface area contributed by atoms with Gasteiger partial charge in [-0.2, -0.15) is 0 Å². The molecular weight excluding hydrogens is 332 g/mol. The predicted molar refractivity (Wildman–Crippen MR) is 101 cm³/mol. The lowest BCUT2D eigenvalue weighted by Crippen LogP contribution is -2.32.